The predicted molar refractivity (Wildman–Crippen MR) is 21.5 cm³/mol. The molecule has 0 rings (SSSR count). The van der Waals surface area contributed by atoms with E-state index in [0.29, 0.717) is 8.73 Å². The molecule has 0 bridgehead atoms. The molecule has 0 aliphatic carbocycles. The Morgan fingerprint density at radius 2 is 2.25 bits per heavy atom. The third-order valence-electron chi connectivity index (χ3n) is 0.0722. The lowest BCUT2D eigenvalue weighted by atomic mass is 11.9. The van der Waals surface area contributed by atoms with Crippen LogP contribution in [0, 0.1) is 5.79 Å². The second kappa shape index (κ2) is 3.61. The highest BCUT2D eigenvalue weighted by Gasteiger charge is 1.57. The molecule has 0 saturated heterocycles. The Bertz CT molecular complexity index is 10.0. The molecule has 0 spiro atoms. The molecule has 0 saturated carbocycles. The molecular weight excluding hydrogens is 85.1 g/mol. The van der Waals surface area contributed by atoms with E-state index in [9.17, 15) is 0 Å². The topological polar surface area (TPSA) is 26.0 Å². The minimum Gasteiger partial charge on any atom is -0.312 e. The summed E-state index contributed by atoms with van der Waals surface area (Å²) in [7, 11) is 3.23. The molecule has 21 valence electrons. The highest BCUT2D eigenvalue weighted by Crippen LogP contribution is 1.92. The second-order valence-corrected chi connectivity index (χ2v) is 1.56. The van der Waals surface area contributed by atoms with Crippen LogP contribution in [0.25, 0.3) is 0 Å². The van der Waals surface area contributed by atoms with Crippen LogP contribution in [-0.4, -0.2) is 10.2 Å². The van der Waals surface area contributed by atoms with Crippen molar-refractivity contribution in [2.45, 2.75) is 0 Å². The molecule has 0 aromatic rings. The molecule has 0 heterocycles. The van der Waals surface area contributed by atoms with E-state index in [2.05, 4.69) is 16.0 Å². The summed E-state index contributed by atoms with van der Waals surface area (Å²) in [4.78, 5) is 0. The van der Waals surface area contributed by atoms with E-state index < -0.39 is 0 Å². The first-order chi connectivity index (χ1) is 1.91. The molecule has 0 aromatic heterocycles. The van der Waals surface area contributed by atoms with Crippen LogP contribution in [0.15, 0.2) is 0 Å². The van der Waals surface area contributed by atoms with Gasteiger partial charge in [0, 0.05) is 16.0 Å². The first-order valence-electron chi connectivity index (χ1n) is 0.789. The van der Waals surface area contributed by atoms with E-state index in [0.717, 1.165) is 0 Å². The lowest BCUT2D eigenvalue weighted by Crippen LogP contribution is -1.68. The fourth-order valence-electron chi connectivity index (χ4n) is 0. The standard InChI is InChI=1S/CH3NPSi/c2-3-1-4/h3H,2H2. The van der Waals surface area contributed by atoms with Gasteiger partial charge < -0.3 is 5.50 Å². The molecule has 1 nitrogen and oxygen atoms in total. The van der Waals surface area contributed by atoms with Crippen molar-refractivity contribution in [2.75, 3.05) is 0 Å². The zero-order valence-corrected chi connectivity index (χ0v) is 4.08. The third kappa shape index (κ3) is 2.61. The van der Waals surface area contributed by atoms with E-state index in [-0.39, 0.29) is 0 Å². The molecule has 1 unspecified atom stereocenters. The Balaban J connectivity index is 1.97. The largest absolute Gasteiger partial charge is 0.312 e. The van der Waals surface area contributed by atoms with Gasteiger partial charge >= 0.3 is 0 Å². The molecule has 5 radical (unpaired) electrons. The van der Waals surface area contributed by atoms with Gasteiger partial charge in [0.05, 0.1) is 0 Å². The first-order valence-corrected chi connectivity index (χ1v) is 2.37. The molecule has 0 aromatic carbocycles. The number of rotatable bonds is 1. The van der Waals surface area contributed by atoms with E-state index in [1.807, 2.05) is 0 Å². The SMILES string of the molecule is NP[C][Si]. The zero-order chi connectivity index (χ0) is 3.41. The third-order valence-corrected chi connectivity index (χ3v) is 0.650. The summed E-state index contributed by atoms with van der Waals surface area (Å²) in [5.41, 5.74) is 4.90. The second-order valence-electron chi connectivity index (χ2n) is 0.269. The predicted octanol–water partition coefficient (Wildman–Crippen LogP) is -0.297. The van der Waals surface area contributed by atoms with E-state index in [4.69, 9.17) is 5.50 Å². The normalized spacial score (nSPS) is 10.5. The minimum atomic E-state index is 0.304. The summed E-state index contributed by atoms with van der Waals surface area (Å²) in [6.07, 6.45) is 0. The molecule has 0 aliphatic rings. The maximum atomic E-state index is 4.90. The molecule has 0 fully saturated rings. The Morgan fingerprint density at radius 3 is 2.25 bits per heavy atom. The van der Waals surface area contributed by atoms with Crippen molar-refractivity contribution in [2.24, 2.45) is 5.50 Å². The van der Waals surface area contributed by atoms with Gasteiger partial charge in [0.1, 0.15) is 0 Å². The van der Waals surface area contributed by atoms with Gasteiger partial charge in [-0.05, 0) is 0 Å². The summed E-state index contributed by atoms with van der Waals surface area (Å²) in [5.74, 6) is 2.54. The summed E-state index contributed by atoms with van der Waals surface area (Å²) in [6, 6.07) is 0. The van der Waals surface area contributed by atoms with Crippen molar-refractivity contribution in [3.8, 4) is 0 Å². The van der Waals surface area contributed by atoms with Gasteiger partial charge in [0.25, 0.3) is 0 Å². The summed E-state index contributed by atoms with van der Waals surface area (Å²) in [5, 5.41) is 0. The van der Waals surface area contributed by atoms with Gasteiger partial charge in [-0.3, -0.25) is 0 Å². The van der Waals surface area contributed by atoms with Crippen LogP contribution in [0.4, 0.5) is 0 Å². The highest BCUT2D eigenvalue weighted by atomic mass is 31.1. The fourth-order valence-corrected chi connectivity index (χ4v) is 0. The van der Waals surface area contributed by atoms with Crippen LogP contribution >= 0.6 is 8.73 Å². The molecule has 0 aliphatic heterocycles. The lowest BCUT2D eigenvalue weighted by Gasteiger charge is -1.68. The van der Waals surface area contributed by atoms with Crippen LogP contribution in [-0.2, 0) is 0 Å². The Hall–Kier alpha value is 0.607. The summed E-state index contributed by atoms with van der Waals surface area (Å²) in [6.45, 7) is 0. The fraction of sp³-hybridized carbons (Fsp3) is 0. The van der Waals surface area contributed by atoms with E-state index >= 15 is 0 Å². The van der Waals surface area contributed by atoms with Crippen molar-refractivity contribution >= 4 is 19.0 Å². The van der Waals surface area contributed by atoms with Gasteiger partial charge in [0.2, 0.25) is 0 Å². The molecular formula is CH3NPSi. The Kier molecular flexibility index (Phi) is 4.15. The van der Waals surface area contributed by atoms with Crippen molar-refractivity contribution in [3.63, 3.8) is 0 Å². The lowest BCUT2D eigenvalue weighted by molar-refractivity contribution is 2.01. The van der Waals surface area contributed by atoms with Crippen LogP contribution < -0.4 is 5.50 Å². The van der Waals surface area contributed by atoms with Crippen LogP contribution in [0.5, 0.6) is 0 Å². The number of hydrogen-bond acceptors (Lipinski definition) is 1. The van der Waals surface area contributed by atoms with Crippen molar-refractivity contribution in [1.82, 2.24) is 0 Å². The van der Waals surface area contributed by atoms with Gasteiger partial charge in [-0.25, -0.2) is 0 Å². The first kappa shape index (κ1) is 4.61. The van der Waals surface area contributed by atoms with Gasteiger partial charge in [0.15, 0.2) is 0 Å². The van der Waals surface area contributed by atoms with Gasteiger partial charge in [-0.1, -0.05) is 8.73 Å². The number of nitrogens with two attached hydrogens (primary N) is 1. The van der Waals surface area contributed by atoms with E-state index in [1.165, 1.54) is 0 Å². The van der Waals surface area contributed by atoms with Crippen LogP contribution in [0.2, 0.25) is 0 Å². The molecule has 1 atom stereocenters. The highest BCUT2D eigenvalue weighted by molar-refractivity contribution is 7.40. The molecule has 3 heteroatoms. The molecule has 0 amide bonds. The smallest absolute Gasteiger partial charge is 0.0409 e. The molecule has 2 N–H and O–H groups in total. The van der Waals surface area contributed by atoms with Crippen molar-refractivity contribution < 1.29 is 0 Å². The Morgan fingerprint density at radius 1 is 2.00 bits per heavy atom. The number of hydrogen-bond donors (Lipinski definition) is 1. The van der Waals surface area contributed by atoms with Crippen LogP contribution in [0.1, 0.15) is 0 Å². The monoisotopic (exact) mass is 88.0 g/mol. The van der Waals surface area contributed by atoms with Crippen LogP contribution in [0.3, 0.4) is 0 Å². The quantitative estimate of drug-likeness (QED) is 0.346. The molecule has 4 heavy (non-hydrogen) atoms. The summed E-state index contributed by atoms with van der Waals surface area (Å²) < 4.78 is 0. The van der Waals surface area contributed by atoms with E-state index in [1.54, 1.807) is 0 Å². The van der Waals surface area contributed by atoms with Gasteiger partial charge in [-0.2, -0.15) is 0 Å². The average molecular weight is 88.1 g/mol. The van der Waals surface area contributed by atoms with Crippen molar-refractivity contribution in [1.29, 1.82) is 0 Å². The maximum absolute atomic E-state index is 4.90. The Labute approximate surface area is 31.2 Å². The average Bonchev–Trinajstić information content (AvgIpc) is 1.37. The minimum absolute atomic E-state index is 0.304. The van der Waals surface area contributed by atoms with Crippen molar-refractivity contribution in [3.05, 3.63) is 5.79 Å². The maximum Gasteiger partial charge on any atom is 0.0409 e. The zero-order valence-electron chi connectivity index (χ0n) is 2.08. The van der Waals surface area contributed by atoms with Gasteiger partial charge in [-0.15, -0.1) is 0 Å². The summed E-state index contributed by atoms with van der Waals surface area (Å²) >= 11 is 0.